The highest BCUT2D eigenvalue weighted by Crippen LogP contribution is 2.33. The fourth-order valence-electron chi connectivity index (χ4n) is 1.41. The van der Waals surface area contributed by atoms with Gasteiger partial charge >= 0.3 is 0 Å². The van der Waals surface area contributed by atoms with E-state index in [1.54, 1.807) is 11.8 Å². The molecule has 0 spiro atoms. The lowest BCUT2D eigenvalue weighted by molar-refractivity contribution is -0.116. The first-order valence-electron chi connectivity index (χ1n) is 4.19. The zero-order chi connectivity index (χ0) is 9.26. The number of halogens is 1. The second kappa shape index (κ2) is 3.84. The first-order chi connectivity index (χ1) is 6.27. The summed E-state index contributed by atoms with van der Waals surface area (Å²) in [5.41, 5.74) is 1.30. The van der Waals surface area contributed by atoms with Crippen LogP contribution in [0, 0.1) is 0 Å². The van der Waals surface area contributed by atoms with Crippen LogP contribution in [0.15, 0.2) is 27.6 Å². The molecule has 0 radical (unpaired) electrons. The summed E-state index contributed by atoms with van der Waals surface area (Å²) >= 11 is 5.15. The maximum Gasteiger partial charge on any atom is 0.143 e. The number of ketones is 1. The van der Waals surface area contributed by atoms with Crippen molar-refractivity contribution in [2.45, 2.75) is 17.7 Å². The predicted octanol–water partition coefficient (Wildman–Crippen LogP) is 3.06. The minimum Gasteiger partial charge on any atom is -0.299 e. The maximum absolute atomic E-state index is 11.2. The summed E-state index contributed by atoms with van der Waals surface area (Å²) in [4.78, 5) is 12.5. The number of Topliss-reactive ketones (excluding diaryl/α,β-unsaturated/α-hetero) is 1. The lowest BCUT2D eigenvalue weighted by Crippen LogP contribution is -1.98. The predicted molar refractivity (Wildman–Crippen MR) is 58.2 cm³/mol. The Balaban J connectivity index is 2.40. The summed E-state index contributed by atoms with van der Waals surface area (Å²) < 4.78 is 1.12. The largest absolute Gasteiger partial charge is 0.299 e. The lowest BCUT2D eigenvalue weighted by atomic mass is 10.1. The van der Waals surface area contributed by atoms with Crippen molar-refractivity contribution in [3.8, 4) is 0 Å². The van der Waals surface area contributed by atoms with Crippen molar-refractivity contribution in [3.63, 3.8) is 0 Å². The second-order valence-corrected chi connectivity index (χ2v) is 4.90. The van der Waals surface area contributed by atoms with Crippen LogP contribution in [0.25, 0.3) is 0 Å². The molecule has 2 rings (SSSR count). The highest BCUT2D eigenvalue weighted by Gasteiger charge is 2.14. The summed E-state index contributed by atoms with van der Waals surface area (Å²) in [5, 5.41) is 0. The van der Waals surface area contributed by atoms with Gasteiger partial charge in [-0.3, -0.25) is 4.79 Å². The fraction of sp³-hybridized carbons (Fsp3) is 0.300. The zero-order valence-electron chi connectivity index (χ0n) is 7.05. The molecule has 0 saturated heterocycles. The van der Waals surface area contributed by atoms with Gasteiger partial charge in [0.2, 0.25) is 0 Å². The topological polar surface area (TPSA) is 17.1 Å². The Kier molecular flexibility index (Phi) is 2.74. The minimum atomic E-state index is 0.355. The first kappa shape index (κ1) is 9.28. The molecule has 0 bridgehead atoms. The van der Waals surface area contributed by atoms with E-state index in [9.17, 15) is 4.79 Å². The number of carbonyl (C=O) groups excluding carboxylic acids is 1. The van der Waals surface area contributed by atoms with E-state index in [0.717, 1.165) is 10.9 Å². The van der Waals surface area contributed by atoms with Crippen LogP contribution in [0.3, 0.4) is 0 Å². The van der Waals surface area contributed by atoms with Crippen molar-refractivity contribution in [1.29, 1.82) is 0 Å². The van der Waals surface area contributed by atoms with Gasteiger partial charge in [0.1, 0.15) is 5.78 Å². The van der Waals surface area contributed by atoms with Crippen LogP contribution in [0.5, 0.6) is 0 Å². The van der Waals surface area contributed by atoms with E-state index in [-0.39, 0.29) is 0 Å². The Morgan fingerprint density at radius 1 is 1.31 bits per heavy atom. The first-order valence-corrected chi connectivity index (χ1v) is 5.97. The van der Waals surface area contributed by atoms with Crippen molar-refractivity contribution in [1.82, 2.24) is 0 Å². The molecule has 0 fully saturated rings. The van der Waals surface area contributed by atoms with Gasteiger partial charge in [-0.15, -0.1) is 11.8 Å². The lowest BCUT2D eigenvalue weighted by Gasteiger charge is -2.05. The van der Waals surface area contributed by atoms with Gasteiger partial charge in [-0.2, -0.15) is 0 Å². The van der Waals surface area contributed by atoms with E-state index < -0.39 is 0 Å². The number of thioether (sulfide) groups is 1. The van der Waals surface area contributed by atoms with Crippen LogP contribution in [0.2, 0.25) is 0 Å². The van der Waals surface area contributed by atoms with E-state index in [1.165, 1.54) is 10.5 Å². The van der Waals surface area contributed by atoms with Gasteiger partial charge in [0.25, 0.3) is 0 Å². The van der Waals surface area contributed by atoms with Crippen LogP contribution in [-0.4, -0.2) is 11.5 Å². The van der Waals surface area contributed by atoms with Gasteiger partial charge in [-0.05, 0) is 34.0 Å². The summed E-state index contributed by atoms with van der Waals surface area (Å²) in [6, 6.07) is 6.16. The molecule has 0 aliphatic carbocycles. The smallest absolute Gasteiger partial charge is 0.143 e. The average molecular weight is 257 g/mol. The van der Waals surface area contributed by atoms with E-state index in [0.29, 0.717) is 18.0 Å². The van der Waals surface area contributed by atoms with Crippen molar-refractivity contribution in [2.75, 3.05) is 5.75 Å². The Labute approximate surface area is 90.0 Å². The Bertz CT molecular complexity index is 349. The summed E-state index contributed by atoms with van der Waals surface area (Å²) in [6.07, 6.45) is 1.58. The number of rotatable bonds is 0. The van der Waals surface area contributed by atoms with Crippen LogP contribution in [-0.2, 0) is 11.2 Å². The third-order valence-corrected chi connectivity index (χ3v) is 4.26. The van der Waals surface area contributed by atoms with E-state index in [1.807, 2.05) is 12.1 Å². The van der Waals surface area contributed by atoms with Gasteiger partial charge in [-0.25, -0.2) is 0 Å². The molecular formula is C10H9BrOS. The van der Waals surface area contributed by atoms with E-state index >= 15 is 0 Å². The van der Waals surface area contributed by atoms with Gasteiger partial charge in [0, 0.05) is 15.8 Å². The zero-order valence-corrected chi connectivity index (χ0v) is 9.45. The van der Waals surface area contributed by atoms with E-state index in [4.69, 9.17) is 0 Å². The molecule has 0 aromatic heterocycles. The van der Waals surface area contributed by atoms with Crippen LogP contribution < -0.4 is 0 Å². The van der Waals surface area contributed by atoms with Crippen LogP contribution in [0.4, 0.5) is 0 Å². The number of benzene rings is 1. The molecule has 1 nitrogen and oxygen atoms in total. The molecule has 1 heterocycles. The van der Waals surface area contributed by atoms with Crippen LogP contribution >= 0.6 is 27.7 Å². The Morgan fingerprint density at radius 3 is 3.00 bits per heavy atom. The molecule has 0 N–H and O–H groups in total. The number of aryl methyl sites for hydroxylation is 1. The van der Waals surface area contributed by atoms with Crippen molar-refractivity contribution < 1.29 is 4.79 Å². The third kappa shape index (κ3) is 1.97. The number of hydrogen-bond donors (Lipinski definition) is 0. The molecular weight excluding hydrogens is 248 g/mol. The van der Waals surface area contributed by atoms with Crippen molar-refractivity contribution in [3.05, 3.63) is 28.2 Å². The number of hydrogen-bond acceptors (Lipinski definition) is 2. The van der Waals surface area contributed by atoms with Crippen LogP contribution in [0.1, 0.15) is 12.0 Å². The quantitative estimate of drug-likeness (QED) is 0.710. The van der Waals surface area contributed by atoms with E-state index in [2.05, 4.69) is 22.0 Å². The van der Waals surface area contributed by atoms with Crippen molar-refractivity contribution in [2.24, 2.45) is 0 Å². The highest BCUT2D eigenvalue weighted by molar-refractivity contribution is 9.10. The molecule has 1 aromatic rings. The molecule has 13 heavy (non-hydrogen) atoms. The molecule has 0 unspecified atom stereocenters. The average Bonchev–Trinajstić information content (AvgIpc) is 2.30. The normalized spacial score (nSPS) is 16.5. The highest BCUT2D eigenvalue weighted by atomic mass is 79.9. The van der Waals surface area contributed by atoms with Gasteiger partial charge in [0.05, 0.1) is 5.75 Å². The number of carbonyl (C=O) groups is 1. The maximum atomic E-state index is 11.2. The summed E-state index contributed by atoms with van der Waals surface area (Å²) in [7, 11) is 0. The SMILES string of the molecule is O=C1CCc2cccc(Br)c2SC1. The minimum absolute atomic E-state index is 0.355. The summed E-state index contributed by atoms with van der Waals surface area (Å²) in [5.74, 6) is 0.975. The van der Waals surface area contributed by atoms with Gasteiger partial charge in [0.15, 0.2) is 0 Å². The monoisotopic (exact) mass is 256 g/mol. The summed E-state index contributed by atoms with van der Waals surface area (Å²) in [6.45, 7) is 0. The second-order valence-electron chi connectivity index (χ2n) is 3.06. The van der Waals surface area contributed by atoms with Gasteiger partial charge in [-0.1, -0.05) is 12.1 Å². The fourth-order valence-corrected chi connectivity index (χ4v) is 3.17. The molecule has 1 aromatic carbocycles. The standard InChI is InChI=1S/C10H9BrOS/c11-9-3-1-2-7-4-5-8(12)6-13-10(7)9/h1-3H,4-6H2. The Hall–Kier alpha value is -0.280. The third-order valence-electron chi connectivity index (χ3n) is 2.10. The molecule has 0 amide bonds. The number of fused-ring (bicyclic) bond motifs is 1. The molecule has 0 saturated carbocycles. The molecule has 0 atom stereocenters. The van der Waals surface area contributed by atoms with Gasteiger partial charge < -0.3 is 0 Å². The molecule has 1 aliphatic rings. The molecule has 3 heteroatoms. The Morgan fingerprint density at radius 2 is 2.15 bits per heavy atom. The van der Waals surface area contributed by atoms with Crippen molar-refractivity contribution >= 4 is 33.5 Å². The molecule has 1 aliphatic heterocycles. The molecule has 68 valence electrons.